The maximum Gasteiger partial charge on any atom is 0.0697 e. The molecule has 0 saturated carbocycles. The molecule has 2 N–H and O–H groups in total. The van der Waals surface area contributed by atoms with Crippen LogP contribution in [0.2, 0.25) is 0 Å². The van der Waals surface area contributed by atoms with Gasteiger partial charge >= 0.3 is 0 Å². The van der Waals surface area contributed by atoms with E-state index in [9.17, 15) is 0 Å². The first-order valence-electron chi connectivity index (χ1n) is 5.53. The normalized spacial score (nSPS) is 31.8. The van der Waals surface area contributed by atoms with Crippen LogP contribution in [0.3, 0.4) is 0 Å². The maximum absolute atomic E-state index is 6.22. The van der Waals surface area contributed by atoms with Gasteiger partial charge in [0, 0.05) is 13.1 Å². The topological polar surface area (TPSA) is 29.3 Å². The first kappa shape index (κ1) is 11.0. The molecule has 0 spiro atoms. The minimum atomic E-state index is 0.0309. The third kappa shape index (κ3) is 2.23. The van der Waals surface area contributed by atoms with Gasteiger partial charge in [0.1, 0.15) is 0 Å². The van der Waals surface area contributed by atoms with Gasteiger partial charge in [-0.3, -0.25) is 4.90 Å². The summed E-state index contributed by atoms with van der Waals surface area (Å²) >= 11 is 0. The van der Waals surface area contributed by atoms with E-state index in [0.29, 0.717) is 0 Å². The third-order valence-corrected chi connectivity index (χ3v) is 3.70. The highest BCUT2D eigenvalue weighted by Gasteiger charge is 2.39. The van der Waals surface area contributed by atoms with E-state index in [1.54, 1.807) is 0 Å². The average molecular weight is 184 g/mol. The van der Waals surface area contributed by atoms with Crippen LogP contribution >= 0.6 is 0 Å². The molecule has 0 amide bonds. The summed E-state index contributed by atoms with van der Waals surface area (Å²) in [5.41, 5.74) is 6.25. The van der Waals surface area contributed by atoms with E-state index in [1.165, 1.54) is 19.5 Å². The smallest absolute Gasteiger partial charge is 0.0697 e. The molecule has 0 aromatic heterocycles. The van der Waals surface area contributed by atoms with Crippen LogP contribution in [-0.2, 0) is 0 Å². The second kappa shape index (κ2) is 3.97. The van der Waals surface area contributed by atoms with Crippen molar-refractivity contribution in [1.29, 1.82) is 0 Å². The van der Waals surface area contributed by atoms with Crippen molar-refractivity contribution in [1.82, 2.24) is 4.90 Å². The Hall–Kier alpha value is -0.0800. The second-order valence-electron chi connectivity index (χ2n) is 4.87. The van der Waals surface area contributed by atoms with E-state index in [4.69, 9.17) is 5.73 Å². The van der Waals surface area contributed by atoms with E-state index in [2.05, 4.69) is 32.6 Å². The van der Waals surface area contributed by atoms with Gasteiger partial charge in [0.05, 0.1) is 5.66 Å². The van der Waals surface area contributed by atoms with Crippen molar-refractivity contribution in [3.63, 3.8) is 0 Å². The highest BCUT2D eigenvalue weighted by molar-refractivity contribution is 4.94. The van der Waals surface area contributed by atoms with Crippen molar-refractivity contribution in [3.8, 4) is 0 Å². The average Bonchev–Trinajstić information content (AvgIpc) is 2.10. The first-order chi connectivity index (χ1) is 5.99. The van der Waals surface area contributed by atoms with E-state index >= 15 is 0 Å². The van der Waals surface area contributed by atoms with Crippen LogP contribution in [0.4, 0.5) is 0 Å². The van der Waals surface area contributed by atoms with Crippen molar-refractivity contribution >= 4 is 0 Å². The molecule has 2 heteroatoms. The number of likely N-dealkylation sites (tertiary alicyclic amines) is 1. The summed E-state index contributed by atoms with van der Waals surface area (Å²) < 4.78 is 0. The van der Waals surface area contributed by atoms with Crippen LogP contribution in [-0.4, -0.2) is 23.7 Å². The van der Waals surface area contributed by atoms with Crippen LogP contribution in [0.1, 0.15) is 40.5 Å². The summed E-state index contributed by atoms with van der Waals surface area (Å²) in [7, 11) is 0. The van der Waals surface area contributed by atoms with Gasteiger partial charge < -0.3 is 5.73 Å². The predicted molar refractivity (Wildman–Crippen MR) is 57.4 cm³/mol. The van der Waals surface area contributed by atoms with Crippen LogP contribution < -0.4 is 5.73 Å². The fourth-order valence-corrected chi connectivity index (χ4v) is 1.79. The molecule has 1 rings (SSSR count). The summed E-state index contributed by atoms with van der Waals surface area (Å²) in [6.45, 7) is 11.4. The maximum atomic E-state index is 6.22. The van der Waals surface area contributed by atoms with E-state index in [-0.39, 0.29) is 5.66 Å². The molecule has 1 saturated heterocycles. The summed E-state index contributed by atoms with van der Waals surface area (Å²) in [6, 6.07) is 0. The fourth-order valence-electron chi connectivity index (χ4n) is 1.79. The van der Waals surface area contributed by atoms with Crippen molar-refractivity contribution in [2.45, 2.75) is 46.2 Å². The Balaban J connectivity index is 2.38. The molecule has 2 atom stereocenters. The molecule has 0 aliphatic carbocycles. The van der Waals surface area contributed by atoms with Crippen molar-refractivity contribution in [3.05, 3.63) is 0 Å². The molecule has 0 aromatic rings. The van der Waals surface area contributed by atoms with Crippen LogP contribution in [0, 0.1) is 11.8 Å². The van der Waals surface area contributed by atoms with Crippen molar-refractivity contribution in [2.24, 2.45) is 17.6 Å². The minimum Gasteiger partial charge on any atom is -0.313 e. The molecule has 13 heavy (non-hydrogen) atoms. The molecule has 1 heterocycles. The Labute approximate surface area is 82.5 Å². The number of hydrogen-bond acceptors (Lipinski definition) is 2. The van der Waals surface area contributed by atoms with Crippen LogP contribution in [0.15, 0.2) is 0 Å². The number of hydrogen-bond donors (Lipinski definition) is 1. The highest BCUT2D eigenvalue weighted by atomic mass is 15.3. The van der Waals surface area contributed by atoms with Crippen molar-refractivity contribution in [2.75, 3.05) is 13.1 Å². The standard InChI is InChI=1S/C11H24N2/c1-5-11(12)6-7-13(11)8-10(4)9(2)3/h9-10H,5-8,12H2,1-4H3. The zero-order chi connectivity index (χ0) is 10.1. The lowest BCUT2D eigenvalue weighted by Crippen LogP contribution is -2.66. The Morgan fingerprint density at radius 1 is 1.38 bits per heavy atom. The molecule has 78 valence electrons. The SMILES string of the molecule is CCC1(N)CCN1CC(C)C(C)C. The quantitative estimate of drug-likeness (QED) is 0.724. The monoisotopic (exact) mass is 184 g/mol. The second-order valence-corrected chi connectivity index (χ2v) is 4.87. The third-order valence-electron chi connectivity index (χ3n) is 3.70. The zero-order valence-electron chi connectivity index (χ0n) is 9.51. The molecule has 1 fully saturated rings. The first-order valence-corrected chi connectivity index (χ1v) is 5.53. The Kier molecular flexibility index (Phi) is 3.36. The fraction of sp³-hybridized carbons (Fsp3) is 1.00. The lowest BCUT2D eigenvalue weighted by Gasteiger charge is -2.51. The summed E-state index contributed by atoms with van der Waals surface area (Å²) in [5, 5.41) is 0. The van der Waals surface area contributed by atoms with Crippen molar-refractivity contribution < 1.29 is 0 Å². The molecular weight excluding hydrogens is 160 g/mol. The summed E-state index contributed by atoms with van der Waals surface area (Å²) in [5.74, 6) is 1.52. The minimum absolute atomic E-state index is 0.0309. The van der Waals surface area contributed by atoms with Gasteiger partial charge in [-0.2, -0.15) is 0 Å². The Morgan fingerprint density at radius 2 is 2.00 bits per heavy atom. The van der Waals surface area contributed by atoms with Gasteiger partial charge in [-0.1, -0.05) is 27.7 Å². The van der Waals surface area contributed by atoms with Gasteiger partial charge in [0.15, 0.2) is 0 Å². The summed E-state index contributed by atoms with van der Waals surface area (Å²) in [6.07, 6.45) is 2.26. The highest BCUT2D eigenvalue weighted by Crippen LogP contribution is 2.30. The number of rotatable bonds is 4. The zero-order valence-corrected chi connectivity index (χ0v) is 9.51. The molecule has 0 radical (unpaired) electrons. The van der Waals surface area contributed by atoms with Gasteiger partial charge in [-0.25, -0.2) is 0 Å². The number of nitrogens with two attached hydrogens (primary N) is 1. The summed E-state index contributed by atoms with van der Waals surface area (Å²) in [4.78, 5) is 2.44. The Morgan fingerprint density at radius 3 is 2.31 bits per heavy atom. The molecular formula is C11H24N2. The van der Waals surface area contributed by atoms with Gasteiger partial charge in [-0.05, 0) is 24.7 Å². The molecule has 0 aromatic carbocycles. The van der Waals surface area contributed by atoms with Gasteiger partial charge in [0.25, 0.3) is 0 Å². The van der Waals surface area contributed by atoms with Gasteiger partial charge in [-0.15, -0.1) is 0 Å². The predicted octanol–water partition coefficient (Wildman–Crippen LogP) is 2.05. The largest absolute Gasteiger partial charge is 0.313 e. The van der Waals surface area contributed by atoms with Crippen LogP contribution in [0.5, 0.6) is 0 Å². The molecule has 1 aliphatic rings. The molecule has 2 nitrogen and oxygen atoms in total. The van der Waals surface area contributed by atoms with Crippen LogP contribution in [0.25, 0.3) is 0 Å². The van der Waals surface area contributed by atoms with E-state index < -0.39 is 0 Å². The lowest BCUT2D eigenvalue weighted by molar-refractivity contribution is -0.0276. The van der Waals surface area contributed by atoms with E-state index in [1.807, 2.05) is 0 Å². The molecule has 1 aliphatic heterocycles. The lowest BCUT2D eigenvalue weighted by atomic mass is 9.88. The Bertz CT molecular complexity index is 163. The molecule has 0 bridgehead atoms. The molecule has 2 unspecified atom stereocenters. The van der Waals surface area contributed by atoms with Gasteiger partial charge in [0.2, 0.25) is 0 Å². The number of nitrogens with zero attached hydrogens (tertiary/aromatic N) is 1. The van der Waals surface area contributed by atoms with E-state index in [0.717, 1.165) is 18.3 Å².